The Morgan fingerprint density at radius 3 is 2.87 bits per heavy atom. The molecule has 0 radical (unpaired) electrons. The van der Waals surface area contributed by atoms with Gasteiger partial charge in [0.2, 0.25) is 5.91 Å². The molecule has 3 aromatic rings. The van der Waals surface area contributed by atoms with E-state index in [1.54, 1.807) is 12.4 Å². The lowest BCUT2D eigenvalue weighted by atomic mass is 9.93. The summed E-state index contributed by atoms with van der Waals surface area (Å²) >= 11 is 0. The molecule has 0 aliphatic carbocycles. The van der Waals surface area contributed by atoms with E-state index in [9.17, 15) is 4.79 Å². The van der Waals surface area contributed by atoms with Gasteiger partial charge < -0.3 is 15.5 Å². The average molecular weight is 415 g/mol. The van der Waals surface area contributed by atoms with E-state index in [4.69, 9.17) is 0 Å². The van der Waals surface area contributed by atoms with Crippen molar-refractivity contribution in [1.82, 2.24) is 19.8 Å². The SMILES string of the molecule is C=Cc1cccc(Nc2ncnc3ccc(NC(=O)CN4CC5CN(C)C5C4)cc23)c1. The topological polar surface area (TPSA) is 73.4 Å². The fourth-order valence-corrected chi connectivity index (χ4v) is 4.63. The summed E-state index contributed by atoms with van der Waals surface area (Å²) < 4.78 is 0. The van der Waals surface area contributed by atoms with E-state index in [1.165, 1.54) is 0 Å². The summed E-state index contributed by atoms with van der Waals surface area (Å²) in [6.07, 6.45) is 3.35. The number of amides is 1. The molecule has 0 saturated carbocycles. The van der Waals surface area contributed by atoms with Crippen LogP contribution in [-0.4, -0.2) is 64.9 Å². The highest BCUT2D eigenvalue weighted by molar-refractivity contribution is 5.98. The predicted octanol–water partition coefficient (Wildman–Crippen LogP) is 3.20. The molecule has 3 heterocycles. The van der Waals surface area contributed by atoms with Gasteiger partial charge in [-0.3, -0.25) is 9.69 Å². The number of likely N-dealkylation sites (N-methyl/N-ethyl adjacent to an activating group) is 1. The number of rotatable bonds is 6. The van der Waals surface area contributed by atoms with Gasteiger partial charge in [-0.1, -0.05) is 24.8 Å². The first-order valence-corrected chi connectivity index (χ1v) is 10.6. The Morgan fingerprint density at radius 1 is 1.16 bits per heavy atom. The van der Waals surface area contributed by atoms with Crippen molar-refractivity contribution in [3.05, 3.63) is 60.9 Å². The molecule has 2 aromatic carbocycles. The molecule has 2 N–H and O–H groups in total. The van der Waals surface area contributed by atoms with Crippen LogP contribution in [-0.2, 0) is 4.79 Å². The Hall–Kier alpha value is -3.29. The Morgan fingerprint density at radius 2 is 2.06 bits per heavy atom. The molecule has 2 fully saturated rings. The number of hydrogen-bond donors (Lipinski definition) is 2. The summed E-state index contributed by atoms with van der Waals surface area (Å²) in [5.41, 5.74) is 3.50. The molecule has 2 atom stereocenters. The number of carbonyl (C=O) groups is 1. The van der Waals surface area contributed by atoms with E-state index in [-0.39, 0.29) is 5.91 Å². The van der Waals surface area contributed by atoms with Crippen LogP contribution in [0.25, 0.3) is 17.0 Å². The van der Waals surface area contributed by atoms with Gasteiger partial charge >= 0.3 is 0 Å². The molecule has 2 aliphatic heterocycles. The predicted molar refractivity (Wildman–Crippen MR) is 124 cm³/mol. The molecule has 2 saturated heterocycles. The maximum absolute atomic E-state index is 12.6. The van der Waals surface area contributed by atoms with Gasteiger partial charge in [-0.15, -0.1) is 0 Å². The lowest BCUT2D eigenvalue weighted by Gasteiger charge is -2.40. The number of likely N-dealkylation sites (tertiary alicyclic amines) is 2. The summed E-state index contributed by atoms with van der Waals surface area (Å²) in [6.45, 7) is 7.35. The fourth-order valence-electron chi connectivity index (χ4n) is 4.63. The Kier molecular flexibility index (Phi) is 5.13. The highest BCUT2D eigenvalue weighted by Gasteiger charge is 2.43. The molecule has 31 heavy (non-hydrogen) atoms. The third-order valence-corrected chi connectivity index (χ3v) is 6.24. The zero-order valence-electron chi connectivity index (χ0n) is 17.6. The molecule has 0 spiro atoms. The van der Waals surface area contributed by atoms with Crippen molar-refractivity contribution in [2.24, 2.45) is 5.92 Å². The van der Waals surface area contributed by atoms with Crippen LogP contribution in [0.15, 0.2) is 55.4 Å². The van der Waals surface area contributed by atoms with Crippen LogP contribution in [0.3, 0.4) is 0 Å². The number of benzene rings is 2. The molecular formula is C24H26N6O. The minimum Gasteiger partial charge on any atom is -0.340 e. The second kappa shape index (κ2) is 8.09. The lowest BCUT2D eigenvalue weighted by Crippen LogP contribution is -2.52. The van der Waals surface area contributed by atoms with Crippen LogP contribution >= 0.6 is 0 Å². The normalized spacial score (nSPS) is 20.8. The number of anilines is 3. The minimum atomic E-state index is 0.00773. The monoisotopic (exact) mass is 414 g/mol. The summed E-state index contributed by atoms with van der Waals surface area (Å²) in [6, 6.07) is 14.3. The van der Waals surface area contributed by atoms with Gasteiger partial charge in [0, 0.05) is 48.4 Å². The van der Waals surface area contributed by atoms with Crippen molar-refractivity contribution < 1.29 is 4.79 Å². The Bertz CT molecular complexity index is 1150. The van der Waals surface area contributed by atoms with E-state index in [2.05, 4.69) is 44.0 Å². The molecular weight excluding hydrogens is 388 g/mol. The first kappa shape index (κ1) is 19.7. The Labute approximate surface area is 181 Å². The number of nitrogens with one attached hydrogen (secondary N) is 2. The quantitative estimate of drug-likeness (QED) is 0.645. The van der Waals surface area contributed by atoms with Gasteiger partial charge in [-0.05, 0) is 42.9 Å². The highest BCUT2D eigenvalue weighted by atomic mass is 16.2. The molecule has 5 rings (SSSR count). The first-order chi connectivity index (χ1) is 15.1. The van der Waals surface area contributed by atoms with Gasteiger partial charge in [0.05, 0.1) is 12.1 Å². The second-order valence-corrected chi connectivity index (χ2v) is 8.42. The zero-order valence-corrected chi connectivity index (χ0v) is 17.6. The van der Waals surface area contributed by atoms with Crippen molar-refractivity contribution in [1.29, 1.82) is 0 Å². The second-order valence-electron chi connectivity index (χ2n) is 8.42. The summed E-state index contributed by atoms with van der Waals surface area (Å²) in [7, 11) is 2.15. The highest BCUT2D eigenvalue weighted by Crippen LogP contribution is 2.30. The standard InChI is InChI=1S/C24H26N6O/c1-3-16-5-4-6-18(9-16)28-24-20-10-19(7-8-21(20)25-15-26-24)27-23(31)14-30-12-17-11-29(2)22(17)13-30/h3-10,15,17,22H,1,11-14H2,2H3,(H,27,31)(H,25,26,28). The van der Waals surface area contributed by atoms with Crippen LogP contribution in [0.1, 0.15) is 5.56 Å². The van der Waals surface area contributed by atoms with Gasteiger partial charge in [0.15, 0.2) is 0 Å². The molecule has 2 aliphatic rings. The maximum atomic E-state index is 12.6. The molecule has 7 nitrogen and oxygen atoms in total. The number of carbonyl (C=O) groups excluding carboxylic acids is 1. The molecule has 0 bridgehead atoms. The smallest absolute Gasteiger partial charge is 0.238 e. The van der Waals surface area contributed by atoms with Crippen LogP contribution in [0.4, 0.5) is 17.2 Å². The van der Waals surface area contributed by atoms with Crippen LogP contribution in [0.2, 0.25) is 0 Å². The van der Waals surface area contributed by atoms with Crippen LogP contribution < -0.4 is 10.6 Å². The maximum Gasteiger partial charge on any atom is 0.238 e. The van der Waals surface area contributed by atoms with Gasteiger partial charge in [-0.25, -0.2) is 9.97 Å². The number of fused-ring (bicyclic) bond motifs is 2. The van der Waals surface area contributed by atoms with Crippen molar-refractivity contribution in [2.45, 2.75) is 6.04 Å². The summed E-state index contributed by atoms with van der Waals surface area (Å²) in [5, 5.41) is 7.25. The van der Waals surface area contributed by atoms with Crippen LogP contribution in [0.5, 0.6) is 0 Å². The minimum absolute atomic E-state index is 0.00773. The van der Waals surface area contributed by atoms with E-state index < -0.39 is 0 Å². The molecule has 1 amide bonds. The van der Waals surface area contributed by atoms with Gasteiger partial charge in [0.1, 0.15) is 12.1 Å². The zero-order chi connectivity index (χ0) is 21.4. The van der Waals surface area contributed by atoms with E-state index in [0.717, 1.165) is 47.5 Å². The molecule has 1 aromatic heterocycles. The largest absolute Gasteiger partial charge is 0.340 e. The third kappa shape index (κ3) is 4.02. The van der Waals surface area contributed by atoms with E-state index >= 15 is 0 Å². The number of hydrogen-bond acceptors (Lipinski definition) is 6. The van der Waals surface area contributed by atoms with Gasteiger partial charge in [0.25, 0.3) is 0 Å². The fraction of sp³-hybridized carbons (Fsp3) is 0.292. The number of aromatic nitrogens is 2. The van der Waals surface area contributed by atoms with E-state index in [0.29, 0.717) is 24.3 Å². The number of nitrogens with zero attached hydrogens (tertiary/aromatic N) is 4. The average Bonchev–Trinajstić information content (AvgIpc) is 3.10. The van der Waals surface area contributed by atoms with Gasteiger partial charge in [-0.2, -0.15) is 0 Å². The van der Waals surface area contributed by atoms with E-state index in [1.807, 2.05) is 42.5 Å². The van der Waals surface area contributed by atoms with Crippen LogP contribution in [0, 0.1) is 5.92 Å². The van der Waals surface area contributed by atoms with Crippen molar-refractivity contribution >= 4 is 40.1 Å². The molecule has 7 heteroatoms. The summed E-state index contributed by atoms with van der Waals surface area (Å²) in [5.74, 6) is 1.42. The first-order valence-electron chi connectivity index (χ1n) is 10.6. The molecule has 158 valence electrons. The van der Waals surface area contributed by atoms with Crippen molar-refractivity contribution in [3.63, 3.8) is 0 Å². The summed E-state index contributed by atoms with van der Waals surface area (Å²) in [4.78, 5) is 26.0. The third-order valence-electron chi connectivity index (χ3n) is 6.24. The lowest BCUT2D eigenvalue weighted by molar-refractivity contribution is -0.117. The van der Waals surface area contributed by atoms with Crippen molar-refractivity contribution in [2.75, 3.05) is 43.9 Å². The molecule has 2 unspecified atom stereocenters. The Balaban J connectivity index is 1.31. The van der Waals surface area contributed by atoms with Crippen molar-refractivity contribution in [3.8, 4) is 0 Å².